The fraction of sp³-hybridized carbons (Fsp3) is 0.263. The Morgan fingerprint density at radius 2 is 1.28 bits per heavy atom. The van der Waals surface area contributed by atoms with Gasteiger partial charge in [0.25, 0.3) is 0 Å². The van der Waals surface area contributed by atoms with E-state index in [9.17, 15) is 9.59 Å². The molecule has 0 saturated carbocycles. The van der Waals surface area contributed by atoms with Crippen molar-refractivity contribution in [3.05, 3.63) is 60.5 Å². The zero-order valence-corrected chi connectivity index (χ0v) is 13.8. The van der Waals surface area contributed by atoms with Gasteiger partial charge >= 0.3 is 0 Å². The van der Waals surface area contributed by atoms with Crippen molar-refractivity contribution in [3.8, 4) is 0 Å². The first-order valence-electron chi connectivity index (χ1n) is 8.23. The molecule has 1 saturated heterocycles. The van der Waals surface area contributed by atoms with E-state index in [0.717, 1.165) is 6.42 Å². The van der Waals surface area contributed by atoms with E-state index < -0.39 is 0 Å². The molecule has 0 spiro atoms. The molecule has 6 heteroatoms. The van der Waals surface area contributed by atoms with Crippen LogP contribution in [-0.2, 0) is 9.59 Å². The highest BCUT2D eigenvalue weighted by Crippen LogP contribution is 2.08. The van der Waals surface area contributed by atoms with Crippen LogP contribution in [0.3, 0.4) is 0 Å². The predicted octanol–water partition coefficient (Wildman–Crippen LogP) is 2.66. The van der Waals surface area contributed by atoms with E-state index in [1.54, 1.807) is 58.7 Å². The van der Waals surface area contributed by atoms with Crippen molar-refractivity contribution in [3.63, 3.8) is 0 Å². The first kappa shape index (κ1) is 16.8. The Morgan fingerprint density at radius 1 is 0.800 bits per heavy atom. The molecule has 0 aromatic carbocycles. The average Bonchev–Trinajstić information content (AvgIpc) is 3.27. The first-order valence-corrected chi connectivity index (χ1v) is 8.23. The predicted molar refractivity (Wildman–Crippen MR) is 93.3 cm³/mol. The molecule has 2 aromatic rings. The molecule has 1 aliphatic heterocycles. The number of furan rings is 2. The lowest BCUT2D eigenvalue weighted by molar-refractivity contribution is -0.128. The minimum atomic E-state index is -0.0724. The van der Waals surface area contributed by atoms with E-state index in [4.69, 9.17) is 8.83 Å². The van der Waals surface area contributed by atoms with Crippen molar-refractivity contribution in [2.45, 2.75) is 6.42 Å². The number of rotatable bonds is 4. The number of carbonyl (C=O) groups is 2. The fourth-order valence-corrected chi connectivity index (χ4v) is 2.65. The molecule has 1 fully saturated rings. The van der Waals surface area contributed by atoms with Crippen molar-refractivity contribution in [1.82, 2.24) is 9.80 Å². The highest BCUT2D eigenvalue weighted by molar-refractivity contribution is 5.92. The maximum Gasteiger partial charge on any atom is 0.246 e. The lowest BCUT2D eigenvalue weighted by atomic mass is 10.3. The molecule has 6 nitrogen and oxygen atoms in total. The highest BCUT2D eigenvalue weighted by atomic mass is 16.3. The van der Waals surface area contributed by atoms with Crippen LogP contribution in [0, 0.1) is 0 Å². The van der Waals surface area contributed by atoms with Gasteiger partial charge < -0.3 is 18.6 Å². The van der Waals surface area contributed by atoms with Crippen LogP contribution in [-0.4, -0.2) is 47.8 Å². The lowest BCUT2D eigenvalue weighted by Crippen LogP contribution is -2.36. The van der Waals surface area contributed by atoms with Crippen molar-refractivity contribution in [1.29, 1.82) is 0 Å². The summed E-state index contributed by atoms with van der Waals surface area (Å²) in [5, 5.41) is 0. The van der Waals surface area contributed by atoms with Gasteiger partial charge in [0.1, 0.15) is 11.5 Å². The summed E-state index contributed by atoms with van der Waals surface area (Å²) in [5.74, 6) is 1.14. The van der Waals surface area contributed by atoms with Gasteiger partial charge in [-0.05, 0) is 42.8 Å². The molecule has 3 rings (SSSR count). The lowest BCUT2D eigenvalue weighted by Gasteiger charge is -2.20. The summed E-state index contributed by atoms with van der Waals surface area (Å²) in [5.41, 5.74) is 0. The zero-order valence-electron chi connectivity index (χ0n) is 13.8. The van der Waals surface area contributed by atoms with Gasteiger partial charge in [0, 0.05) is 38.3 Å². The molecule has 0 bridgehead atoms. The van der Waals surface area contributed by atoms with Gasteiger partial charge in [-0.25, -0.2) is 0 Å². The van der Waals surface area contributed by atoms with Crippen LogP contribution in [0.5, 0.6) is 0 Å². The first-order chi connectivity index (χ1) is 12.2. The molecule has 3 heterocycles. The van der Waals surface area contributed by atoms with Crippen LogP contribution in [0.1, 0.15) is 17.9 Å². The van der Waals surface area contributed by atoms with Gasteiger partial charge in [0.15, 0.2) is 0 Å². The van der Waals surface area contributed by atoms with Gasteiger partial charge in [-0.1, -0.05) is 0 Å². The molecular formula is C19H20N2O4. The maximum absolute atomic E-state index is 12.3. The Labute approximate surface area is 146 Å². The molecule has 0 atom stereocenters. The molecule has 0 unspecified atom stereocenters. The van der Waals surface area contributed by atoms with Crippen LogP contribution in [0.4, 0.5) is 0 Å². The van der Waals surface area contributed by atoms with Crippen LogP contribution in [0.15, 0.2) is 57.8 Å². The highest BCUT2D eigenvalue weighted by Gasteiger charge is 2.19. The molecule has 0 N–H and O–H groups in total. The zero-order chi connectivity index (χ0) is 17.5. The summed E-state index contributed by atoms with van der Waals surface area (Å²) in [4.78, 5) is 28.0. The van der Waals surface area contributed by atoms with Gasteiger partial charge in [-0.2, -0.15) is 0 Å². The second-order valence-electron chi connectivity index (χ2n) is 5.70. The Hall–Kier alpha value is -3.02. The molecule has 1 aliphatic rings. The molecule has 0 aliphatic carbocycles. The molecule has 25 heavy (non-hydrogen) atoms. The van der Waals surface area contributed by atoms with Crippen LogP contribution < -0.4 is 0 Å². The number of hydrogen-bond acceptors (Lipinski definition) is 4. The number of nitrogens with zero attached hydrogens (tertiary/aromatic N) is 2. The van der Waals surface area contributed by atoms with Gasteiger partial charge in [-0.3, -0.25) is 9.59 Å². The Balaban J connectivity index is 1.53. The van der Waals surface area contributed by atoms with Gasteiger partial charge in [-0.15, -0.1) is 0 Å². The van der Waals surface area contributed by atoms with Crippen LogP contribution in [0.2, 0.25) is 0 Å². The number of hydrogen-bond donors (Lipinski definition) is 0. The average molecular weight is 340 g/mol. The van der Waals surface area contributed by atoms with Crippen molar-refractivity contribution < 1.29 is 18.4 Å². The van der Waals surface area contributed by atoms with E-state index in [2.05, 4.69) is 0 Å². The SMILES string of the molecule is O=C(/C=C/c1ccco1)N1CCCN(C(=O)/C=C/c2ccco2)CC1. The third kappa shape index (κ3) is 4.73. The van der Waals surface area contributed by atoms with E-state index in [1.165, 1.54) is 12.2 Å². The quantitative estimate of drug-likeness (QED) is 0.803. The van der Waals surface area contributed by atoms with Gasteiger partial charge in [0.2, 0.25) is 11.8 Å². The minimum absolute atomic E-state index is 0.0724. The maximum atomic E-state index is 12.3. The molecule has 2 amide bonds. The summed E-state index contributed by atoms with van der Waals surface area (Å²) < 4.78 is 10.4. The van der Waals surface area contributed by atoms with Crippen molar-refractivity contribution >= 4 is 24.0 Å². The smallest absolute Gasteiger partial charge is 0.246 e. The standard InChI is InChI=1S/C19H20N2O4/c22-18(8-6-16-4-1-14-24-16)20-10-3-11-21(13-12-20)19(23)9-7-17-5-2-15-25-17/h1-2,4-9,14-15H,3,10-13H2/b8-6+,9-7+. The summed E-state index contributed by atoms with van der Waals surface area (Å²) in [6, 6.07) is 7.13. The van der Waals surface area contributed by atoms with E-state index >= 15 is 0 Å². The van der Waals surface area contributed by atoms with E-state index in [-0.39, 0.29) is 11.8 Å². The summed E-state index contributed by atoms with van der Waals surface area (Å²) >= 11 is 0. The van der Waals surface area contributed by atoms with E-state index in [0.29, 0.717) is 37.7 Å². The molecule has 130 valence electrons. The van der Waals surface area contributed by atoms with Crippen LogP contribution >= 0.6 is 0 Å². The Bertz CT molecular complexity index is 680. The fourth-order valence-electron chi connectivity index (χ4n) is 2.65. The summed E-state index contributed by atoms with van der Waals surface area (Å²) in [7, 11) is 0. The van der Waals surface area contributed by atoms with Crippen molar-refractivity contribution in [2.24, 2.45) is 0 Å². The summed E-state index contributed by atoms with van der Waals surface area (Å²) in [6.07, 6.45) is 10.2. The van der Waals surface area contributed by atoms with Crippen LogP contribution in [0.25, 0.3) is 12.2 Å². The monoisotopic (exact) mass is 340 g/mol. The largest absolute Gasteiger partial charge is 0.465 e. The third-order valence-corrected chi connectivity index (χ3v) is 3.99. The third-order valence-electron chi connectivity index (χ3n) is 3.99. The normalized spacial score (nSPS) is 15.8. The Kier molecular flexibility index (Phi) is 5.51. The number of carbonyl (C=O) groups excluding carboxylic acids is 2. The molecule has 2 aromatic heterocycles. The van der Waals surface area contributed by atoms with Crippen molar-refractivity contribution in [2.75, 3.05) is 26.2 Å². The topological polar surface area (TPSA) is 66.9 Å². The van der Waals surface area contributed by atoms with E-state index in [1.807, 2.05) is 0 Å². The summed E-state index contributed by atoms with van der Waals surface area (Å²) in [6.45, 7) is 2.29. The number of amides is 2. The van der Waals surface area contributed by atoms with Gasteiger partial charge in [0.05, 0.1) is 12.5 Å². The molecule has 0 radical (unpaired) electrons. The second-order valence-corrected chi connectivity index (χ2v) is 5.70. The Morgan fingerprint density at radius 3 is 1.68 bits per heavy atom. The second kappa shape index (κ2) is 8.19. The molecular weight excluding hydrogens is 320 g/mol. The minimum Gasteiger partial charge on any atom is -0.465 e.